The summed E-state index contributed by atoms with van der Waals surface area (Å²) in [7, 11) is 0. The fourth-order valence-corrected chi connectivity index (χ4v) is 5.00. The number of amides is 3. The van der Waals surface area contributed by atoms with Crippen LogP contribution >= 0.6 is 23.4 Å². The highest BCUT2D eigenvalue weighted by Gasteiger charge is 2.41. The zero-order chi connectivity index (χ0) is 24.4. The predicted octanol–water partition coefficient (Wildman–Crippen LogP) is 4.10. The molecule has 3 aromatic rings. The van der Waals surface area contributed by atoms with Crippen molar-refractivity contribution in [2.45, 2.75) is 50.2 Å². The lowest BCUT2D eigenvalue weighted by molar-refractivity contribution is -0.121. The fourth-order valence-electron chi connectivity index (χ4n) is 3.75. The monoisotopic (exact) mass is 501 g/mol. The van der Waals surface area contributed by atoms with E-state index in [2.05, 4.69) is 15.5 Å². The SMILES string of the molecule is CCn1c(SC2CC(=O)N(c3ccc(Cl)cc3)C2=O)nnc1C(NC(=O)c1ccco1)C(C)C. The summed E-state index contributed by atoms with van der Waals surface area (Å²) in [5.74, 6) is -0.138. The van der Waals surface area contributed by atoms with Crippen molar-refractivity contribution in [2.75, 3.05) is 4.90 Å². The van der Waals surface area contributed by atoms with Crippen molar-refractivity contribution in [2.24, 2.45) is 5.92 Å². The molecule has 1 N–H and O–H groups in total. The van der Waals surface area contributed by atoms with Crippen molar-refractivity contribution < 1.29 is 18.8 Å². The smallest absolute Gasteiger partial charge is 0.287 e. The van der Waals surface area contributed by atoms with Crippen molar-refractivity contribution >= 4 is 46.8 Å². The molecule has 1 fully saturated rings. The Kier molecular flexibility index (Phi) is 7.08. The van der Waals surface area contributed by atoms with Crippen LogP contribution in [0, 0.1) is 5.92 Å². The maximum Gasteiger partial charge on any atom is 0.287 e. The number of carbonyl (C=O) groups is 3. The van der Waals surface area contributed by atoms with Crippen LogP contribution in [-0.2, 0) is 16.1 Å². The highest BCUT2D eigenvalue weighted by Crippen LogP contribution is 2.35. The van der Waals surface area contributed by atoms with E-state index in [9.17, 15) is 14.4 Å². The highest BCUT2D eigenvalue weighted by atomic mass is 35.5. The zero-order valence-electron chi connectivity index (χ0n) is 18.9. The van der Waals surface area contributed by atoms with Gasteiger partial charge >= 0.3 is 0 Å². The van der Waals surface area contributed by atoms with E-state index in [-0.39, 0.29) is 35.8 Å². The number of rotatable bonds is 8. The molecular formula is C23H24ClN5O4S. The summed E-state index contributed by atoms with van der Waals surface area (Å²) in [6, 6.07) is 9.39. The molecule has 34 heavy (non-hydrogen) atoms. The Morgan fingerprint density at radius 2 is 1.97 bits per heavy atom. The van der Waals surface area contributed by atoms with E-state index < -0.39 is 11.3 Å². The Labute approximate surface area is 205 Å². The molecule has 0 radical (unpaired) electrons. The second-order valence-electron chi connectivity index (χ2n) is 8.11. The van der Waals surface area contributed by atoms with Crippen molar-refractivity contribution in [1.82, 2.24) is 20.1 Å². The van der Waals surface area contributed by atoms with Gasteiger partial charge in [-0.25, -0.2) is 4.90 Å². The number of halogens is 1. The summed E-state index contributed by atoms with van der Waals surface area (Å²) in [6.07, 6.45) is 1.50. The van der Waals surface area contributed by atoms with Crippen LogP contribution in [-0.4, -0.2) is 37.7 Å². The van der Waals surface area contributed by atoms with Crippen LogP contribution in [0.3, 0.4) is 0 Å². The molecule has 3 heterocycles. The summed E-state index contributed by atoms with van der Waals surface area (Å²) < 4.78 is 7.06. The summed E-state index contributed by atoms with van der Waals surface area (Å²) in [4.78, 5) is 39.4. The Hall–Kier alpha value is -3.11. The van der Waals surface area contributed by atoms with Gasteiger partial charge in [-0.2, -0.15) is 0 Å². The predicted molar refractivity (Wildman–Crippen MR) is 128 cm³/mol. The molecule has 2 atom stereocenters. The standard InChI is InChI=1S/C23H24ClN5O4S/c1-4-28-20(19(13(2)3)25-21(31)16-6-5-11-33-16)26-27-23(28)34-17-12-18(30)29(22(17)32)15-9-7-14(24)8-10-15/h5-11,13,17,19H,4,12H2,1-3H3,(H,25,31). The first-order valence-electron chi connectivity index (χ1n) is 10.9. The molecule has 2 aromatic heterocycles. The van der Waals surface area contributed by atoms with E-state index in [0.29, 0.717) is 28.2 Å². The molecule has 0 bridgehead atoms. The van der Waals surface area contributed by atoms with Crippen molar-refractivity contribution in [3.05, 3.63) is 59.3 Å². The number of carbonyl (C=O) groups excluding carboxylic acids is 3. The minimum Gasteiger partial charge on any atom is -0.459 e. The summed E-state index contributed by atoms with van der Waals surface area (Å²) >= 11 is 7.13. The topological polar surface area (TPSA) is 110 Å². The lowest BCUT2D eigenvalue weighted by Crippen LogP contribution is -2.33. The van der Waals surface area contributed by atoms with Gasteiger partial charge in [0, 0.05) is 18.0 Å². The minimum atomic E-state index is -0.624. The second kappa shape index (κ2) is 10.0. The van der Waals surface area contributed by atoms with Crippen molar-refractivity contribution in [1.29, 1.82) is 0 Å². The number of furan rings is 1. The number of imide groups is 1. The molecule has 4 rings (SSSR count). The van der Waals surface area contributed by atoms with E-state index >= 15 is 0 Å². The third kappa shape index (κ3) is 4.74. The first-order valence-corrected chi connectivity index (χ1v) is 12.1. The molecule has 1 saturated heterocycles. The Morgan fingerprint density at radius 3 is 2.59 bits per heavy atom. The number of nitrogens with zero attached hydrogens (tertiary/aromatic N) is 4. The molecule has 0 spiro atoms. The molecule has 9 nitrogen and oxygen atoms in total. The number of hydrogen-bond acceptors (Lipinski definition) is 7. The highest BCUT2D eigenvalue weighted by molar-refractivity contribution is 8.00. The first-order chi connectivity index (χ1) is 16.3. The average molecular weight is 502 g/mol. The summed E-state index contributed by atoms with van der Waals surface area (Å²) in [5.41, 5.74) is 0.487. The Bertz CT molecular complexity index is 1190. The molecule has 1 aromatic carbocycles. The summed E-state index contributed by atoms with van der Waals surface area (Å²) in [5, 5.41) is 12.0. The molecule has 3 amide bonds. The Balaban J connectivity index is 1.55. The van der Waals surface area contributed by atoms with Crippen molar-refractivity contribution in [3.63, 3.8) is 0 Å². The van der Waals surface area contributed by atoms with Gasteiger partial charge in [0.15, 0.2) is 16.7 Å². The van der Waals surface area contributed by atoms with Gasteiger partial charge in [0.25, 0.3) is 5.91 Å². The molecule has 2 unspecified atom stereocenters. The van der Waals surface area contributed by atoms with Gasteiger partial charge in [-0.3, -0.25) is 14.4 Å². The van der Waals surface area contributed by atoms with Crippen LogP contribution in [0.2, 0.25) is 5.02 Å². The van der Waals surface area contributed by atoms with E-state index in [1.165, 1.54) is 22.9 Å². The Morgan fingerprint density at radius 1 is 1.24 bits per heavy atom. The first kappa shape index (κ1) is 24.0. The van der Waals surface area contributed by atoms with Crippen molar-refractivity contribution in [3.8, 4) is 0 Å². The molecule has 178 valence electrons. The van der Waals surface area contributed by atoms with Gasteiger partial charge in [0.1, 0.15) is 5.25 Å². The van der Waals surface area contributed by atoms with Crippen LogP contribution in [0.15, 0.2) is 52.2 Å². The van der Waals surface area contributed by atoms with Crippen LogP contribution < -0.4 is 10.2 Å². The van der Waals surface area contributed by atoms with Crippen LogP contribution in [0.4, 0.5) is 5.69 Å². The lowest BCUT2D eigenvalue weighted by Gasteiger charge is -2.22. The third-order valence-corrected chi connectivity index (χ3v) is 6.89. The van der Waals surface area contributed by atoms with E-state index in [0.717, 1.165) is 0 Å². The fraction of sp³-hybridized carbons (Fsp3) is 0.348. The number of benzene rings is 1. The second-order valence-corrected chi connectivity index (χ2v) is 9.72. The summed E-state index contributed by atoms with van der Waals surface area (Å²) in [6.45, 7) is 6.40. The maximum atomic E-state index is 13.1. The molecule has 1 aliphatic heterocycles. The average Bonchev–Trinajstić information content (AvgIpc) is 3.53. The van der Waals surface area contributed by atoms with Gasteiger partial charge < -0.3 is 14.3 Å². The quantitative estimate of drug-likeness (QED) is 0.463. The maximum absolute atomic E-state index is 13.1. The van der Waals surface area contributed by atoms with Gasteiger partial charge in [-0.05, 0) is 49.2 Å². The number of thioether (sulfide) groups is 1. The number of anilines is 1. The largest absolute Gasteiger partial charge is 0.459 e. The van der Waals surface area contributed by atoms with Crippen LogP contribution in [0.5, 0.6) is 0 Å². The molecule has 1 aliphatic rings. The lowest BCUT2D eigenvalue weighted by atomic mass is 10.0. The van der Waals surface area contributed by atoms with E-state index in [4.69, 9.17) is 16.0 Å². The normalized spacial score (nSPS) is 17.0. The van der Waals surface area contributed by atoms with E-state index in [1.807, 2.05) is 25.3 Å². The molecular weight excluding hydrogens is 478 g/mol. The zero-order valence-corrected chi connectivity index (χ0v) is 20.5. The number of nitrogens with one attached hydrogen (secondary N) is 1. The molecule has 0 aliphatic carbocycles. The molecule has 11 heteroatoms. The van der Waals surface area contributed by atoms with Crippen LogP contribution in [0.25, 0.3) is 0 Å². The number of hydrogen-bond donors (Lipinski definition) is 1. The van der Waals surface area contributed by atoms with Gasteiger partial charge in [-0.15, -0.1) is 10.2 Å². The third-order valence-electron chi connectivity index (χ3n) is 5.48. The van der Waals surface area contributed by atoms with Gasteiger partial charge in [-0.1, -0.05) is 37.2 Å². The molecule has 0 saturated carbocycles. The van der Waals surface area contributed by atoms with E-state index in [1.54, 1.807) is 36.4 Å². The minimum absolute atomic E-state index is 0.0151. The van der Waals surface area contributed by atoms with Crippen LogP contribution in [0.1, 0.15) is 49.6 Å². The van der Waals surface area contributed by atoms with Gasteiger partial charge in [0.05, 0.1) is 18.0 Å². The van der Waals surface area contributed by atoms with Gasteiger partial charge in [0.2, 0.25) is 11.8 Å². The number of aromatic nitrogens is 3.